The van der Waals surface area contributed by atoms with Crippen LogP contribution < -0.4 is 4.72 Å². The molecule has 0 aromatic carbocycles. The number of sulfonamides is 1. The van der Waals surface area contributed by atoms with Crippen LogP contribution in [-0.4, -0.2) is 30.1 Å². The Labute approximate surface area is 126 Å². The fourth-order valence-electron chi connectivity index (χ4n) is 1.41. The molecule has 0 aliphatic heterocycles. The molecule has 108 valence electrons. The van der Waals surface area contributed by atoms with Crippen molar-refractivity contribution >= 4 is 27.4 Å². The van der Waals surface area contributed by atoms with Gasteiger partial charge in [-0.2, -0.15) is 0 Å². The van der Waals surface area contributed by atoms with Gasteiger partial charge in [0, 0.05) is 24.2 Å². The average Bonchev–Trinajstić information content (AvgIpc) is 2.48. The number of nitrogens with zero attached hydrogens (tertiary/aromatic N) is 2. The van der Waals surface area contributed by atoms with Crippen molar-refractivity contribution in [1.82, 2.24) is 9.97 Å². The van der Waals surface area contributed by atoms with E-state index in [1.165, 1.54) is 36.8 Å². The van der Waals surface area contributed by atoms with Crippen LogP contribution in [0.25, 0.3) is 0 Å². The fraction of sp³-hybridized carbons (Fsp3) is 0.0769. The van der Waals surface area contributed by atoms with E-state index in [1.54, 1.807) is 0 Å². The SMILES string of the molecule is O=S(=O)(Nc1ccc(Cl)cn1)c1cncc(C#CCO)c1. The van der Waals surface area contributed by atoms with Gasteiger partial charge in [-0.25, -0.2) is 13.4 Å². The third-order valence-corrected chi connectivity index (χ3v) is 3.85. The van der Waals surface area contributed by atoms with E-state index in [0.29, 0.717) is 10.6 Å². The lowest BCUT2D eigenvalue weighted by atomic mass is 10.3. The summed E-state index contributed by atoms with van der Waals surface area (Å²) < 4.78 is 26.7. The number of anilines is 1. The summed E-state index contributed by atoms with van der Waals surface area (Å²) in [6.45, 7) is -0.316. The molecule has 2 N–H and O–H groups in total. The number of hydrogen-bond donors (Lipinski definition) is 2. The van der Waals surface area contributed by atoms with Crippen molar-refractivity contribution in [3.8, 4) is 11.8 Å². The number of pyridine rings is 2. The average molecular weight is 324 g/mol. The first-order valence-electron chi connectivity index (χ1n) is 5.70. The molecule has 0 spiro atoms. The molecule has 0 aliphatic rings. The maximum absolute atomic E-state index is 12.2. The van der Waals surface area contributed by atoms with Crippen LogP contribution in [0.2, 0.25) is 5.02 Å². The van der Waals surface area contributed by atoms with Crippen LogP contribution in [0.4, 0.5) is 5.82 Å². The minimum absolute atomic E-state index is 0.0519. The molecule has 2 aromatic rings. The second kappa shape index (κ2) is 6.54. The smallest absolute Gasteiger partial charge is 0.264 e. The predicted octanol–water partition coefficient (Wildman–Crippen LogP) is 1.27. The van der Waals surface area contributed by atoms with E-state index in [-0.39, 0.29) is 17.3 Å². The molecule has 8 heteroatoms. The van der Waals surface area contributed by atoms with Crippen LogP contribution in [0.15, 0.2) is 41.7 Å². The van der Waals surface area contributed by atoms with Gasteiger partial charge in [-0.3, -0.25) is 9.71 Å². The maximum atomic E-state index is 12.2. The number of nitrogens with one attached hydrogen (secondary N) is 1. The van der Waals surface area contributed by atoms with Crippen LogP contribution in [0.5, 0.6) is 0 Å². The highest BCUT2D eigenvalue weighted by molar-refractivity contribution is 7.92. The van der Waals surface area contributed by atoms with Gasteiger partial charge in [-0.1, -0.05) is 23.4 Å². The van der Waals surface area contributed by atoms with Gasteiger partial charge >= 0.3 is 0 Å². The van der Waals surface area contributed by atoms with Crippen LogP contribution in [0.1, 0.15) is 5.56 Å². The molecular formula is C13H10ClN3O3S. The lowest BCUT2D eigenvalue weighted by Gasteiger charge is -2.07. The van der Waals surface area contributed by atoms with Crippen molar-refractivity contribution in [3.63, 3.8) is 0 Å². The van der Waals surface area contributed by atoms with Crippen molar-refractivity contribution in [3.05, 3.63) is 47.4 Å². The summed E-state index contributed by atoms with van der Waals surface area (Å²) in [5, 5.41) is 9.03. The zero-order valence-corrected chi connectivity index (χ0v) is 12.2. The van der Waals surface area contributed by atoms with Gasteiger partial charge in [-0.15, -0.1) is 0 Å². The van der Waals surface area contributed by atoms with Gasteiger partial charge in [0.2, 0.25) is 0 Å². The summed E-state index contributed by atoms with van der Waals surface area (Å²) in [5.74, 6) is 5.16. The summed E-state index contributed by atoms with van der Waals surface area (Å²) in [4.78, 5) is 7.62. The molecule has 0 fully saturated rings. The molecular weight excluding hydrogens is 314 g/mol. The third-order valence-electron chi connectivity index (χ3n) is 2.30. The van der Waals surface area contributed by atoms with Crippen molar-refractivity contribution in [2.45, 2.75) is 4.90 Å². The zero-order valence-electron chi connectivity index (χ0n) is 10.6. The third kappa shape index (κ3) is 4.16. The molecule has 0 radical (unpaired) electrons. The highest BCUT2D eigenvalue weighted by Crippen LogP contribution is 2.16. The van der Waals surface area contributed by atoms with Gasteiger partial charge in [-0.05, 0) is 18.2 Å². The lowest BCUT2D eigenvalue weighted by molar-refractivity contribution is 0.350. The standard InChI is InChI=1S/C13H10ClN3O3S/c14-11-3-4-13(16-8-11)17-21(19,20)12-6-10(2-1-5-18)7-15-9-12/h3-4,6-9,18H,5H2,(H,16,17). The minimum atomic E-state index is -3.82. The molecule has 0 bridgehead atoms. The van der Waals surface area contributed by atoms with E-state index in [0.717, 1.165) is 0 Å². The summed E-state index contributed by atoms with van der Waals surface area (Å²) in [7, 11) is -3.82. The molecule has 21 heavy (non-hydrogen) atoms. The Kier molecular flexibility index (Phi) is 4.75. The van der Waals surface area contributed by atoms with Crippen LogP contribution in [-0.2, 0) is 10.0 Å². The highest BCUT2D eigenvalue weighted by Gasteiger charge is 2.15. The van der Waals surface area contributed by atoms with Crippen molar-refractivity contribution < 1.29 is 13.5 Å². The molecule has 0 aliphatic carbocycles. The molecule has 2 rings (SSSR count). The molecule has 6 nitrogen and oxygen atoms in total. The molecule has 0 atom stereocenters. The van der Waals surface area contributed by atoms with Crippen LogP contribution in [0.3, 0.4) is 0 Å². The Bertz CT molecular complexity index is 795. The minimum Gasteiger partial charge on any atom is -0.384 e. The highest BCUT2D eigenvalue weighted by atomic mass is 35.5. The van der Waals surface area contributed by atoms with Crippen molar-refractivity contribution in [2.75, 3.05) is 11.3 Å². The second-order valence-electron chi connectivity index (χ2n) is 3.84. The summed E-state index contributed by atoms with van der Waals surface area (Å²) in [5.41, 5.74) is 0.385. The van der Waals surface area contributed by atoms with E-state index >= 15 is 0 Å². The fourth-order valence-corrected chi connectivity index (χ4v) is 2.52. The van der Waals surface area contributed by atoms with Gasteiger partial charge in [0.25, 0.3) is 10.0 Å². The Morgan fingerprint density at radius 1 is 1.29 bits per heavy atom. The first-order valence-corrected chi connectivity index (χ1v) is 7.56. The Hall–Kier alpha value is -2.14. The van der Waals surface area contributed by atoms with Crippen molar-refractivity contribution in [2.24, 2.45) is 0 Å². The topological polar surface area (TPSA) is 92.2 Å². The monoisotopic (exact) mass is 323 g/mol. The number of aromatic nitrogens is 2. The summed E-state index contributed by atoms with van der Waals surface area (Å²) >= 11 is 5.68. The largest absolute Gasteiger partial charge is 0.384 e. The molecule has 0 saturated carbocycles. The molecule has 0 unspecified atom stereocenters. The molecule has 2 heterocycles. The van der Waals surface area contributed by atoms with E-state index in [4.69, 9.17) is 16.7 Å². The summed E-state index contributed by atoms with van der Waals surface area (Å²) in [6, 6.07) is 4.32. The molecule has 2 aromatic heterocycles. The normalized spacial score (nSPS) is 10.6. The molecule has 0 amide bonds. The van der Waals surface area contributed by atoms with Gasteiger partial charge < -0.3 is 5.11 Å². The Morgan fingerprint density at radius 3 is 2.76 bits per heavy atom. The van der Waals surface area contributed by atoms with E-state index in [9.17, 15) is 8.42 Å². The maximum Gasteiger partial charge on any atom is 0.264 e. The predicted molar refractivity (Wildman–Crippen MR) is 78.3 cm³/mol. The number of hydrogen-bond acceptors (Lipinski definition) is 5. The van der Waals surface area contributed by atoms with Crippen LogP contribution >= 0.6 is 11.6 Å². The Morgan fingerprint density at radius 2 is 2.10 bits per heavy atom. The number of aliphatic hydroxyl groups excluding tert-OH is 1. The number of halogens is 1. The van der Waals surface area contributed by atoms with Gasteiger partial charge in [0.15, 0.2) is 0 Å². The Balaban J connectivity index is 2.29. The van der Waals surface area contributed by atoms with E-state index in [1.807, 2.05) is 0 Å². The number of rotatable bonds is 3. The van der Waals surface area contributed by atoms with Crippen molar-refractivity contribution in [1.29, 1.82) is 0 Å². The number of aliphatic hydroxyl groups is 1. The molecule has 0 saturated heterocycles. The van der Waals surface area contributed by atoms with E-state index < -0.39 is 10.0 Å². The van der Waals surface area contributed by atoms with Crippen LogP contribution in [0, 0.1) is 11.8 Å². The lowest BCUT2D eigenvalue weighted by Crippen LogP contribution is -2.14. The van der Waals surface area contributed by atoms with Gasteiger partial charge in [0.1, 0.15) is 17.3 Å². The zero-order chi connectivity index (χ0) is 15.3. The first kappa shape index (κ1) is 15.3. The van der Waals surface area contributed by atoms with E-state index in [2.05, 4.69) is 26.5 Å². The first-order chi connectivity index (χ1) is 10.0. The summed E-state index contributed by atoms with van der Waals surface area (Å²) in [6.07, 6.45) is 3.94. The second-order valence-corrected chi connectivity index (χ2v) is 5.96. The van der Waals surface area contributed by atoms with Gasteiger partial charge in [0.05, 0.1) is 5.02 Å². The quantitative estimate of drug-likeness (QED) is 0.830.